The van der Waals surface area contributed by atoms with Crippen LogP contribution in [0.15, 0.2) is 18.2 Å². The Morgan fingerprint density at radius 1 is 1.28 bits per heavy atom. The van der Waals surface area contributed by atoms with Crippen LogP contribution in [0.4, 0.5) is 23.2 Å². The molecule has 0 amide bonds. The van der Waals surface area contributed by atoms with Gasteiger partial charge in [0.1, 0.15) is 12.4 Å². The molecule has 0 aliphatic heterocycles. The van der Waals surface area contributed by atoms with Crippen LogP contribution < -0.4 is 4.90 Å². The first-order valence-electron chi connectivity index (χ1n) is 5.58. The Morgan fingerprint density at radius 3 is 2.39 bits per heavy atom. The third kappa shape index (κ3) is 4.18. The van der Waals surface area contributed by atoms with Gasteiger partial charge in [0, 0.05) is 6.54 Å². The maximum atomic E-state index is 13.7. The molecule has 1 aromatic rings. The molecule has 6 heteroatoms. The van der Waals surface area contributed by atoms with Gasteiger partial charge in [-0.05, 0) is 24.1 Å². The largest absolute Gasteiger partial charge is 0.405 e. The van der Waals surface area contributed by atoms with Crippen molar-refractivity contribution in [1.82, 2.24) is 0 Å². The lowest BCUT2D eigenvalue weighted by Gasteiger charge is -2.26. The summed E-state index contributed by atoms with van der Waals surface area (Å²) in [6.07, 6.45) is -3.89. The van der Waals surface area contributed by atoms with Gasteiger partial charge < -0.3 is 10.0 Å². The smallest absolute Gasteiger partial charge is 0.392 e. The quantitative estimate of drug-likeness (QED) is 0.827. The van der Waals surface area contributed by atoms with Crippen molar-refractivity contribution in [2.24, 2.45) is 0 Å². The van der Waals surface area contributed by atoms with Gasteiger partial charge in [-0.1, -0.05) is 13.0 Å². The number of anilines is 1. The van der Waals surface area contributed by atoms with Crippen LogP contribution in [0.1, 0.15) is 18.9 Å². The highest BCUT2D eigenvalue weighted by Crippen LogP contribution is 2.25. The lowest BCUT2D eigenvalue weighted by Crippen LogP contribution is -2.35. The normalized spacial score (nSPS) is 11.7. The van der Waals surface area contributed by atoms with Gasteiger partial charge in [-0.2, -0.15) is 13.2 Å². The van der Waals surface area contributed by atoms with Gasteiger partial charge in [0.05, 0.1) is 12.3 Å². The van der Waals surface area contributed by atoms with Gasteiger partial charge in [0.25, 0.3) is 0 Å². The summed E-state index contributed by atoms with van der Waals surface area (Å²) in [7, 11) is 0. The predicted octanol–water partition coefficient (Wildman–Crippen LogP) is 3.10. The van der Waals surface area contributed by atoms with Gasteiger partial charge in [0.15, 0.2) is 0 Å². The lowest BCUT2D eigenvalue weighted by atomic mass is 10.2. The Bertz CT molecular complexity index is 392. The van der Waals surface area contributed by atoms with Crippen molar-refractivity contribution in [1.29, 1.82) is 0 Å². The van der Waals surface area contributed by atoms with E-state index in [0.717, 1.165) is 11.0 Å². The number of aliphatic hydroxyl groups is 1. The van der Waals surface area contributed by atoms with Gasteiger partial charge >= 0.3 is 6.18 Å². The van der Waals surface area contributed by atoms with E-state index in [1.807, 2.05) is 0 Å². The van der Waals surface area contributed by atoms with E-state index in [4.69, 9.17) is 5.11 Å². The van der Waals surface area contributed by atoms with Gasteiger partial charge in [0.2, 0.25) is 0 Å². The zero-order valence-corrected chi connectivity index (χ0v) is 9.97. The fourth-order valence-corrected chi connectivity index (χ4v) is 1.68. The van der Waals surface area contributed by atoms with E-state index in [1.54, 1.807) is 6.92 Å². The second-order valence-electron chi connectivity index (χ2n) is 3.98. The molecular formula is C12H15F4NO. The molecule has 0 bridgehead atoms. The number of alkyl halides is 3. The van der Waals surface area contributed by atoms with Crippen LogP contribution >= 0.6 is 0 Å². The van der Waals surface area contributed by atoms with Crippen molar-refractivity contribution in [3.63, 3.8) is 0 Å². The monoisotopic (exact) mass is 265 g/mol. The summed E-state index contributed by atoms with van der Waals surface area (Å²) < 4.78 is 50.8. The van der Waals surface area contributed by atoms with E-state index in [9.17, 15) is 17.6 Å². The molecule has 18 heavy (non-hydrogen) atoms. The fraction of sp³-hybridized carbons (Fsp3) is 0.500. The second kappa shape index (κ2) is 6.04. The molecule has 1 N–H and O–H groups in total. The minimum atomic E-state index is -4.38. The number of nitrogens with zero attached hydrogens (tertiary/aromatic N) is 1. The number of aliphatic hydroxyl groups excluding tert-OH is 1. The van der Waals surface area contributed by atoms with Gasteiger partial charge in [-0.15, -0.1) is 0 Å². The molecule has 0 fully saturated rings. The fourth-order valence-electron chi connectivity index (χ4n) is 1.68. The lowest BCUT2D eigenvalue weighted by molar-refractivity contribution is -0.119. The first-order valence-corrected chi connectivity index (χ1v) is 5.58. The molecule has 0 aromatic heterocycles. The molecule has 0 radical (unpaired) electrons. The van der Waals surface area contributed by atoms with Crippen LogP contribution in [-0.4, -0.2) is 24.4 Å². The summed E-state index contributed by atoms with van der Waals surface area (Å²) in [5.74, 6) is -0.751. The average molecular weight is 265 g/mol. The van der Waals surface area contributed by atoms with E-state index in [1.165, 1.54) is 12.1 Å². The zero-order valence-electron chi connectivity index (χ0n) is 9.97. The molecular weight excluding hydrogens is 250 g/mol. The van der Waals surface area contributed by atoms with Gasteiger partial charge in [-0.25, -0.2) is 4.39 Å². The number of benzene rings is 1. The van der Waals surface area contributed by atoms with Crippen molar-refractivity contribution in [2.45, 2.75) is 26.1 Å². The number of hydrogen-bond donors (Lipinski definition) is 1. The van der Waals surface area contributed by atoms with Crippen molar-refractivity contribution in [2.75, 3.05) is 18.0 Å². The predicted molar refractivity (Wildman–Crippen MR) is 60.9 cm³/mol. The molecule has 0 aliphatic carbocycles. The average Bonchev–Trinajstić information content (AvgIpc) is 2.26. The Balaban J connectivity index is 2.98. The zero-order chi connectivity index (χ0) is 13.8. The Hall–Kier alpha value is -1.30. The van der Waals surface area contributed by atoms with Crippen LogP contribution in [-0.2, 0) is 6.61 Å². The highest BCUT2D eigenvalue weighted by atomic mass is 19.4. The molecule has 1 aromatic carbocycles. The summed E-state index contributed by atoms with van der Waals surface area (Å²) in [5.41, 5.74) is 0.242. The number of halogens is 4. The SMILES string of the molecule is CCCN(CC(F)(F)F)c1ccc(CO)cc1F. The standard InChI is InChI=1S/C12H15F4NO/c1-2-5-17(8-12(14,15)16)11-4-3-9(7-18)6-10(11)13/h3-4,6,18H,2,5,7-8H2,1H3. The van der Waals surface area contributed by atoms with E-state index in [-0.39, 0.29) is 18.8 Å². The molecule has 0 saturated carbocycles. The molecule has 2 nitrogen and oxygen atoms in total. The van der Waals surface area contributed by atoms with Crippen molar-refractivity contribution in [3.05, 3.63) is 29.6 Å². The van der Waals surface area contributed by atoms with Crippen LogP contribution in [0.2, 0.25) is 0 Å². The van der Waals surface area contributed by atoms with Crippen molar-refractivity contribution >= 4 is 5.69 Å². The molecule has 0 spiro atoms. The summed E-state index contributed by atoms with van der Waals surface area (Å²) in [5, 5.41) is 8.82. The summed E-state index contributed by atoms with van der Waals surface area (Å²) in [6.45, 7) is 0.318. The number of hydrogen-bond acceptors (Lipinski definition) is 2. The number of rotatable bonds is 5. The van der Waals surface area contributed by atoms with Crippen LogP contribution in [0.3, 0.4) is 0 Å². The van der Waals surface area contributed by atoms with Crippen molar-refractivity contribution in [3.8, 4) is 0 Å². The highest BCUT2D eigenvalue weighted by molar-refractivity contribution is 5.49. The Morgan fingerprint density at radius 2 is 1.94 bits per heavy atom. The van der Waals surface area contributed by atoms with E-state index < -0.39 is 18.5 Å². The van der Waals surface area contributed by atoms with Crippen LogP contribution in [0.5, 0.6) is 0 Å². The van der Waals surface area contributed by atoms with E-state index in [0.29, 0.717) is 12.0 Å². The molecule has 0 heterocycles. The third-order valence-electron chi connectivity index (χ3n) is 2.40. The molecule has 0 saturated heterocycles. The minimum absolute atomic E-state index is 0.0913. The first kappa shape index (κ1) is 14.8. The van der Waals surface area contributed by atoms with Gasteiger partial charge in [-0.3, -0.25) is 0 Å². The summed E-state index contributed by atoms with van der Waals surface area (Å²) in [4.78, 5) is 0.955. The Kier molecular flexibility index (Phi) is 4.95. The second-order valence-corrected chi connectivity index (χ2v) is 3.98. The first-order chi connectivity index (χ1) is 8.37. The van der Waals surface area contributed by atoms with Crippen molar-refractivity contribution < 1.29 is 22.7 Å². The minimum Gasteiger partial charge on any atom is -0.392 e. The molecule has 0 atom stereocenters. The van der Waals surface area contributed by atoms with Crippen LogP contribution in [0.25, 0.3) is 0 Å². The highest BCUT2D eigenvalue weighted by Gasteiger charge is 2.31. The van der Waals surface area contributed by atoms with Crippen LogP contribution in [0, 0.1) is 5.82 Å². The summed E-state index contributed by atoms with van der Waals surface area (Å²) in [6, 6.07) is 3.73. The maximum absolute atomic E-state index is 13.7. The molecule has 1 rings (SSSR count). The third-order valence-corrected chi connectivity index (χ3v) is 2.40. The summed E-state index contributed by atoms with van der Waals surface area (Å²) >= 11 is 0. The molecule has 102 valence electrons. The Labute approximate surface area is 103 Å². The molecule has 0 unspecified atom stereocenters. The van der Waals surface area contributed by atoms with E-state index in [2.05, 4.69) is 0 Å². The molecule has 0 aliphatic rings. The topological polar surface area (TPSA) is 23.5 Å². The van der Waals surface area contributed by atoms with E-state index >= 15 is 0 Å². The maximum Gasteiger partial charge on any atom is 0.405 e.